The standard InChI is InChI=1S/C13H20N2OS/c1-3-10(2)15-13(14)17-9-12-6-4-11(8-16)5-7-12/h4-7,10,16H,3,8-9H2,1-2H3,(H2,14,15). The van der Waals surface area contributed by atoms with Crippen molar-refractivity contribution in [3.63, 3.8) is 0 Å². The minimum Gasteiger partial charge on any atom is -0.392 e. The topological polar surface area (TPSA) is 58.6 Å². The molecule has 0 radical (unpaired) electrons. The SMILES string of the molecule is CCC(C)N=C(N)SCc1ccc(CO)cc1. The Balaban J connectivity index is 2.46. The number of rotatable bonds is 5. The van der Waals surface area contributed by atoms with Gasteiger partial charge in [-0.25, -0.2) is 0 Å². The number of amidine groups is 1. The third-order valence-electron chi connectivity index (χ3n) is 2.53. The number of aliphatic hydroxyl groups excluding tert-OH is 1. The largest absolute Gasteiger partial charge is 0.392 e. The first kappa shape index (κ1) is 14.1. The minimum absolute atomic E-state index is 0.0883. The predicted octanol–water partition coefficient (Wildman–Crippen LogP) is 2.53. The molecular weight excluding hydrogens is 232 g/mol. The molecule has 0 heterocycles. The summed E-state index contributed by atoms with van der Waals surface area (Å²) >= 11 is 1.55. The molecule has 0 aliphatic carbocycles. The molecule has 0 spiro atoms. The Labute approximate surface area is 107 Å². The van der Waals surface area contributed by atoms with Crippen molar-refractivity contribution in [3.05, 3.63) is 35.4 Å². The van der Waals surface area contributed by atoms with Crippen LogP contribution in [0.2, 0.25) is 0 Å². The molecule has 0 fully saturated rings. The van der Waals surface area contributed by atoms with Gasteiger partial charge in [0.25, 0.3) is 0 Å². The summed E-state index contributed by atoms with van der Waals surface area (Å²) in [5.41, 5.74) is 7.95. The average molecular weight is 252 g/mol. The van der Waals surface area contributed by atoms with Gasteiger partial charge in [0, 0.05) is 11.8 Å². The number of hydrogen-bond acceptors (Lipinski definition) is 3. The number of aliphatic imine (C=N–C) groups is 1. The second-order valence-corrected chi connectivity index (χ2v) is 4.98. The van der Waals surface area contributed by atoms with Gasteiger partial charge in [-0.15, -0.1) is 0 Å². The van der Waals surface area contributed by atoms with Crippen LogP contribution < -0.4 is 5.73 Å². The van der Waals surface area contributed by atoms with Crippen molar-refractivity contribution < 1.29 is 5.11 Å². The van der Waals surface area contributed by atoms with Gasteiger partial charge in [-0.1, -0.05) is 43.0 Å². The third kappa shape index (κ3) is 5.24. The maximum atomic E-state index is 8.93. The Hall–Kier alpha value is -1.00. The van der Waals surface area contributed by atoms with Gasteiger partial charge in [0.05, 0.1) is 6.61 Å². The van der Waals surface area contributed by atoms with E-state index < -0.39 is 0 Å². The lowest BCUT2D eigenvalue weighted by Gasteiger charge is -2.05. The van der Waals surface area contributed by atoms with Crippen molar-refractivity contribution in [3.8, 4) is 0 Å². The van der Waals surface area contributed by atoms with Crippen LogP contribution in [-0.2, 0) is 12.4 Å². The fourth-order valence-electron chi connectivity index (χ4n) is 1.24. The molecule has 0 saturated heterocycles. The van der Waals surface area contributed by atoms with E-state index in [9.17, 15) is 0 Å². The molecule has 4 heteroatoms. The molecule has 1 aromatic rings. The molecular formula is C13H20N2OS. The van der Waals surface area contributed by atoms with Crippen LogP contribution in [0.25, 0.3) is 0 Å². The van der Waals surface area contributed by atoms with Gasteiger partial charge in [-0.3, -0.25) is 4.99 Å². The van der Waals surface area contributed by atoms with E-state index in [0.29, 0.717) is 11.2 Å². The van der Waals surface area contributed by atoms with Crippen molar-refractivity contribution in [1.29, 1.82) is 0 Å². The average Bonchev–Trinajstić information content (AvgIpc) is 2.36. The van der Waals surface area contributed by atoms with Crippen LogP contribution in [0, 0.1) is 0 Å². The lowest BCUT2D eigenvalue weighted by atomic mass is 10.2. The minimum atomic E-state index is 0.0883. The second kappa shape index (κ2) is 7.35. The smallest absolute Gasteiger partial charge is 0.154 e. The molecule has 0 amide bonds. The zero-order valence-electron chi connectivity index (χ0n) is 10.4. The molecule has 1 aromatic carbocycles. The van der Waals surface area contributed by atoms with Crippen LogP contribution in [0.15, 0.2) is 29.3 Å². The van der Waals surface area contributed by atoms with Gasteiger partial charge < -0.3 is 10.8 Å². The van der Waals surface area contributed by atoms with Crippen molar-refractivity contribution in [2.75, 3.05) is 0 Å². The van der Waals surface area contributed by atoms with Crippen LogP contribution >= 0.6 is 11.8 Å². The molecule has 1 atom stereocenters. The Morgan fingerprint density at radius 2 is 1.94 bits per heavy atom. The molecule has 1 unspecified atom stereocenters. The van der Waals surface area contributed by atoms with Crippen molar-refractivity contribution in [2.24, 2.45) is 10.7 Å². The summed E-state index contributed by atoms with van der Waals surface area (Å²) in [6.45, 7) is 4.24. The Morgan fingerprint density at radius 1 is 1.35 bits per heavy atom. The summed E-state index contributed by atoms with van der Waals surface area (Å²) in [7, 11) is 0. The molecule has 3 nitrogen and oxygen atoms in total. The van der Waals surface area contributed by atoms with Gasteiger partial charge in [-0.2, -0.15) is 0 Å². The van der Waals surface area contributed by atoms with Gasteiger partial charge in [0.1, 0.15) is 0 Å². The fourth-order valence-corrected chi connectivity index (χ4v) is 2.01. The zero-order valence-corrected chi connectivity index (χ0v) is 11.2. The summed E-state index contributed by atoms with van der Waals surface area (Å²) in [5.74, 6) is 0.817. The van der Waals surface area contributed by atoms with E-state index in [-0.39, 0.29) is 6.61 Å². The maximum Gasteiger partial charge on any atom is 0.154 e. The number of thioether (sulfide) groups is 1. The Morgan fingerprint density at radius 3 is 2.47 bits per heavy atom. The van der Waals surface area contributed by atoms with Gasteiger partial charge in [0.15, 0.2) is 5.17 Å². The highest BCUT2D eigenvalue weighted by Crippen LogP contribution is 2.14. The van der Waals surface area contributed by atoms with Crippen molar-refractivity contribution in [1.82, 2.24) is 0 Å². The Bertz CT molecular complexity index is 362. The summed E-state index contributed by atoms with van der Waals surface area (Å²) in [6.07, 6.45) is 1.01. The molecule has 0 bridgehead atoms. The number of hydrogen-bond donors (Lipinski definition) is 2. The highest BCUT2D eigenvalue weighted by Gasteiger charge is 2.00. The second-order valence-electron chi connectivity index (χ2n) is 3.99. The molecule has 1 rings (SSSR count). The van der Waals surface area contributed by atoms with Gasteiger partial charge in [-0.05, 0) is 24.5 Å². The van der Waals surface area contributed by atoms with Crippen LogP contribution in [0.3, 0.4) is 0 Å². The molecule has 0 aromatic heterocycles. The fraction of sp³-hybridized carbons (Fsp3) is 0.462. The van der Waals surface area contributed by atoms with Crippen LogP contribution in [-0.4, -0.2) is 16.3 Å². The molecule has 3 N–H and O–H groups in total. The van der Waals surface area contributed by atoms with Crippen molar-refractivity contribution in [2.45, 2.75) is 38.7 Å². The third-order valence-corrected chi connectivity index (χ3v) is 3.41. The molecule has 94 valence electrons. The lowest BCUT2D eigenvalue weighted by molar-refractivity contribution is 0.282. The van der Waals surface area contributed by atoms with Gasteiger partial charge >= 0.3 is 0 Å². The highest BCUT2D eigenvalue weighted by atomic mass is 32.2. The highest BCUT2D eigenvalue weighted by molar-refractivity contribution is 8.13. The normalized spacial score (nSPS) is 13.7. The molecule has 0 aliphatic rings. The van der Waals surface area contributed by atoms with Gasteiger partial charge in [0.2, 0.25) is 0 Å². The summed E-state index contributed by atoms with van der Waals surface area (Å²) in [4.78, 5) is 4.36. The summed E-state index contributed by atoms with van der Waals surface area (Å²) in [6, 6.07) is 8.17. The number of aliphatic hydroxyl groups is 1. The maximum absolute atomic E-state index is 8.93. The molecule has 0 aliphatic heterocycles. The van der Waals surface area contributed by atoms with E-state index in [1.807, 2.05) is 24.3 Å². The van der Waals surface area contributed by atoms with Crippen LogP contribution in [0.5, 0.6) is 0 Å². The Kier molecular flexibility index (Phi) is 6.08. The van der Waals surface area contributed by atoms with E-state index >= 15 is 0 Å². The number of nitrogens with zero attached hydrogens (tertiary/aromatic N) is 1. The number of nitrogens with two attached hydrogens (primary N) is 1. The van der Waals surface area contributed by atoms with Crippen LogP contribution in [0.1, 0.15) is 31.4 Å². The summed E-state index contributed by atoms with van der Waals surface area (Å²) in [5, 5.41) is 9.57. The quantitative estimate of drug-likeness (QED) is 0.625. The van der Waals surface area contributed by atoms with E-state index in [0.717, 1.165) is 17.7 Å². The van der Waals surface area contributed by atoms with E-state index in [2.05, 4.69) is 18.8 Å². The molecule has 17 heavy (non-hydrogen) atoms. The predicted molar refractivity (Wildman–Crippen MR) is 75.0 cm³/mol. The van der Waals surface area contributed by atoms with E-state index in [1.54, 1.807) is 11.8 Å². The first-order chi connectivity index (χ1) is 8.15. The first-order valence-corrected chi connectivity index (χ1v) is 6.79. The zero-order chi connectivity index (χ0) is 12.7. The monoisotopic (exact) mass is 252 g/mol. The number of benzene rings is 1. The summed E-state index contributed by atoms with van der Waals surface area (Å²) < 4.78 is 0. The van der Waals surface area contributed by atoms with E-state index in [4.69, 9.17) is 10.8 Å². The molecule has 0 saturated carbocycles. The lowest BCUT2D eigenvalue weighted by Crippen LogP contribution is -2.11. The first-order valence-electron chi connectivity index (χ1n) is 5.80. The van der Waals surface area contributed by atoms with Crippen LogP contribution in [0.4, 0.5) is 0 Å². The van der Waals surface area contributed by atoms with Crippen molar-refractivity contribution >= 4 is 16.9 Å². The van der Waals surface area contributed by atoms with E-state index in [1.165, 1.54) is 5.56 Å².